The summed E-state index contributed by atoms with van der Waals surface area (Å²) in [5.41, 5.74) is 3.57. The van der Waals surface area contributed by atoms with E-state index in [1.54, 1.807) is 0 Å². The number of aromatic nitrogens is 2. The van der Waals surface area contributed by atoms with E-state index in [1.165, 1.54) is 0 Å². The van der Waals surface area contributed by atoms with Crippen molar-refractivity contribution < 1.29 is 9.47 Å². The zero-order valence-electron chi connectivity index (χ0n) is 19.8. The Morgan fingerprint density at radius 3 is 2.58 bits per heavy atom. The first-order valence-electron chi connectivity index (χ1n) is 11.6. The van der Waals surface area contributed by atoms with Crippen LogP contribution in [-0.2, 0) is 4.74 Å². The smallest absolute Gasteiger partial charge is 0.213 e. The van der Waals surface area contributed by atoms with Crippen molar-refractivity contribution in [2.75, 3.05) is 26.3 Å². The maximum atomic E-state index is 8.10. The molecule has 6 nitrogen and oxygen atoms in total. The molecule has 6 heteroatoms. The van der Waals surface area contributed by atoms with Crippen molar-refractivity contribution in [3.05, 3.63) is 60.2 Å². The Kier molecular flexibility index (Phi) is 6.94. The number of nitrogens with zero attached hydrogens (tertiary/aromatic N) is 2. The van der Waals surface area contributed by atoms with Gasteiger partial charge in [-0.15, -0.1) is 0 Å². The van der Waals surface area contributed by atoms with E-state index in [9.17, 15) is 0 Å². The molecule has 0 fully saturated rings. The predicted molar refractivity (Wildman–Crippen MR) is 135 cm³/mol. The third-order valence-corrected chi connectivity index (χ3v) is 5.98. The molecule has 0 spiro atoms. The number of benzene rings is 3. The van der Waals surface area contributed by atoms with Crippen LogP contribution in [0.3, 0.4) is 0 Å². The lowest BCUT2D eigenvalue weighted by molar-refractivity contribution is 0.183. The van der Waals surface area contributed by atoms with E-state index in [1.807, 2.05) is 31.2 Å². The number of fused-ring (bicyclic) bond motifs is 2. The summed E-state index contributed by atoms with van der Waals surface area (Å²) in [5.74, 6) is 1.06. The quantitative estimate of drug-likeness (QED) is 0.251. The largest absolute Gasteiger partial charge is 0.492 e. The van der Waals surface area contributed by atoms with Gasteiger partial charge in [-0.25, -0.2) is 0 Å². The van der Waals surface area contributed by atoms with Crippen LogP contribution < -0.4 is 4.74 Å². The van der Waals surface area contributed by atoms with Gasteiger partial charge in [0.25, 0.3) is 0 Å². The van der Waals surface area contributed by atoms with E-state index in [2.05, 4.69) is 66.2 Å². The van der Waals surface area contributed by atoms with Crippen LogP contribution in [0, 0.1) is 5.41 Å². The van der Waals surface area contributed by atoms with E-state index in [4.69, 9.17) is 14.9 Å². The first kappa shape index (κ1) is 22.8. The normalized spacial score (nSPS) is 11.6. The Morgan fingerprint density at radius 1 is 1.03 bits per heavy atom. The summed E-state index contributed by atoms with van der Waals surface area (Å²) >= 11 is 0. The highest BCUT2D eigenvalue weighted by Gasteiger charge is 2.12. The average molecular weight is 445 g/mol. The topological polar surface area (TPSA) is 74.2 Å². The molecule has 0 saturated carbocycles. The van der Waals surface area contributed by atoms with E-state index >= 15 is 0 Å². The minimum atomic E-state index is 0.174. The molecule has 0 radical (unpaired) electrons. The Bertz CT molecular complexity index is 1260. The number of hydrogen-bond donors (Lipinski definition) is 2. The number of rotatable bonds is 9. The van der Waals surface area contributed by atoms with Crippen LogP contribution >= 0.6 is 0 Å². The van der Waals surface area contributed by atoms with Gasteiger partial charge >= 0.3 is 0 Å². The van der Waals surface area contributed by atoms with Crippen LogP contribution in [0.25, 0.3) is 32.9 Å². The summed E-state index contributed by atoms with van der Waals surface area (Å²) in [6.07, 6.45) is 0. The zero-order chi connectivity index (χ0) is 23.4. The number of aromatic amines is 1. The number of likely N-dealkylation sites (N-methyl/N-ethyl adjacent to an activating group) is 1. The monoisotopic (exact) mass is 444 g/mol. The lowest BCUT2D eigenvalue weighted by Gasteiger charge is -2.24. The van der Waals surface area contributed by atoms with Crippen molar-refractivity contribution in [2.45, 2.75) is 33.7 Å². The van der Waals surface area contributed by atoms with Crippen molar-refractivity contribution in [1.82, 2.24) is 15.1 Å². The fourth-order valence-electron chi connectivity index (χ4n) is 4.13. The second kappa shape index (κ2) is 10.0. The van der Waals surface area contributed by atoms with E-state index in [-0.39, 0.29) is 5.90 Å². The van der Waals surface area contributed by atoms with Crippen molar-refractivity contribution in [3.8, 4) is 17.0 Å². The van der Waals surface area contributed by atoms with Gasteiger partial charge in [-0.2, -0.15) is 5.10 Å². The van der Waals surface area contributed by atoms with E-state index < -0.39 is 0 Å². The SMILES string of the molecule is CCOC(=N)c1ccc2[nH]nc(-c3ccc4cc(OCCN(CC)C(C)C)ccc4c3)c2c1. The minimum Gasteiger partial charge on any atom is -0.492 e. The van der Waals surface area contributed by atoms with Crippen LogP contribution in [0.5, 0.6) is 5.75 Å². The van der Waals surface area contributed by atoms with Crippen LogP contribution in [0.1, 0.15) is 33.3 Å². The molecule has 0 bridgehead atoms. The summed E-state index contributed by atoms with van der Waals surface area (Å²) < 4.78 is 11.4. The Balaban J connectivity index is 1.56. The van der Waals surface area contributed by atoms with Gasteiger partial charge in [0.15, 0.2) is 0 Å². The highest BCUT2D eigenvalue weighted by molar-refractivity contribution is 6.01. The molecule has 0 aliphatic heterocycles. The molecule has 0 saturated heterocycles. The predicted octanol–water partition coefficient (Wildman–Crippen LogP) is 5.85. The van der Waals surface area contributed by atoms with Gasteiger partial charge in [-0.3, -0.25) is 15.4 Å². The van der Waals surface area contributed by atoms with Gasteiger partial charge in [-0.05, 0) is 74.5 Å². The second-order valence-electron chi connectivity index (χ2n) is 8.39. The van der Waals surface area contributed by atoms with Gasteiger partial charge in [0.2, 0.25) is 5.90 Å². The molecular weight excluding hydrogens is 412 g/mol. The number of hydrogen-bond acceptors (Lipinski definition) is 5. The summed E-state index contributed by atoms with van der Waals surface area (Å²) in [6.45, 7) is 11.6. The molecule has 1 heterocycles. The fraction of sp³-hybridized carbons (Fsp3) is 0.333. The lowest BCUT2D eigenvalue weighted by Crippen LogP contribution is -2.34. The van der Waals surface area contributed by atoms with Crippen molar-refractivity contribution in [2.24, 2.45) is 0 Å². The van der Waals surface area contributed by atoms with Crippen LogP contribution in [0.15, 0.2) is 54.6 Å². The molecule has 33 heavy (non-hydrogen) atoms. The van der Waals surface area contributed by atoms with Crippen molar-refractivity contribution in [3.63, 3.8) is 0 Å². The van der Waals surface area contributed by atoms with E-state index in [0.717, 1.165) is 57.3 Å². The van der Waals surface area contributed by atoms with Gasteiger partial charge < -0.3 is 9.47 Å². The molecule has 0 unspecified atom stereocenters. The standard InChI is InChI=1S/C27H32N4O2/c1-5-31(18(3)4)13-14-33-23-11-9-19-15-21(8-7-20(19)16-23)26-24-17-22(27(28)32-6-2)10-12-25(24)29-30-26/h7-12,15-18,28H,5-6,13-14H2,1-4H3,(H,29,30). The highest BCUT2D eigenvalue weighted by atomic mass is 16.5. The number of H-pyrrole nitrogens is 1. The third-order valence-electron chi connectivity index (χ3n) is 5.98. The number of nitrogens with one attached hydrogen (secondary N) is 2. The molecule has 1 aromatic heterocycles. The highest BCUT2D eigenvalue weighted by Crippen LogP contribution is 2.31. The maximum Gasteiger partial charge on any atom is 0.213 e. The van der Waals surface area contributed by atoms with Crippen molar-refractivity contribution in [1.29, 1.82) is 5.41 Å². The van der Waals surface area contributed by atoms with Crippen LogP contribution in [0.2, 0.25) is 0 Å². The molecule has 172 valence electrons. The molecule has 4 rings (SSSR count). The summed E-state index contributed by atoms with van der Waals surface area (Å²) in [4.78, 5) is 2.39. The maximum absolute atomic E-state index is 8.10. The van der Waals surface area contributed by atoms with Crippen LogP contribution in [-0.4, -0.2) is 53.3 Å². The minimum absolute atomic E-state index is 0.174. The lowest BCUT2D eigenvalue weighted by atomic mass is 10.0. The van der Waals surface area contributed by atoms with Gasteiger partial charge in [0.1, 0.15) is 12.4 Å². The summed E-state index contributed by atoms with van der Waals surface area (Å²) in [5, 5.41) is 19.0. The summed E-state index contributed by atoms with van der Waals surface area (Å²) in [6, 6.07) is 18.9. The fourth-order valence-corrected chi connectivity index (χ4v) is 4.13. The third kappa shape index (κ3) is 5.01. The molecule has 0 aliphatic rings. The van der Waals surface area contributed by atoms with Crippen molar-refractivity contribution >= 4 is 27.6 Å². The molecule has 4 aromatic rings. The molecule has 0 aliphatic carbocycles. The zero-order valence-corrected chi connectivity index (χ0v) is 19.8. The molecular formula is C27H32N4O2. The molecule has 2 N–H and O–H groups in total. The molecule has 0 atom stereocenters. The second-order valence-corrected chi connectivity index (χ2v) is 8.39. The Labute approximate surface area is 195 Å². The van der Waals surface area contributed by atoms with Gasteiger partial charge in [-0.1, -0.05) is 25.1 Å². The molecule has 0 amide bonds. The first-order valence-corrected chi connectivity index (χ1v) is 11.6. The van der Waals surface area contributed by atoms with Gasteiger partial charge in [0.05, 0.1) is 17.8 Å². The Morgan fingerprint density at radius 2 is 1.82 bits per heavy atom. The van der Waals surface area contributed by atoms with E-state index in [0.29, 0.717) is 19.3 Å². The average Bonchev–Trinajstić information content (AvgIpc) is 3.24. The molecule has 3 aromatic carbocycles. The van der Waals surface area contributed by atoms with Gasteiger partial charge in [0, 0.05) is 29.1 Å². The Hall–Kier alpha value is -3.38. The first-order chi connectivity index (χ1) is 16.0. The van der Waals surface area contributed by atoms with Crippen LogP contribution in [0.4, 0.5) is 0 Å². The summed E-state index contributed by atoms with van der Waals surface area (Å²) in [7, 11) is 0. The number of ether oxygens (including phenoxy) is 2.